The van der Waals surface area contributed by atoms with Crippen molar-refractivity contribution in [3.8, 4) is 0 Å². The number of rotatable bonds is 5. The van der Waals surface area contributed by atoms with Gasteiger partial charge < -0.3 is 19.7 Å². The predicted molar refractivity (Wildman–Crippen MR) is 120 cm³/mol. The van der Waals surface area contributed by atoms with Crippen molar-refractivity contribution in [1.29, 1.82) is 0 Å². The highest BCUT2D eigenvalue weighted by Gasteiger charge is 2.39. The number of nitrogens with one attached hydrogen (secondary N) is 1. The van der Waals surface area contributed by atoms with Crippen LogP contribution in [-0.4, -0.2) is 47.7 Å². The highest BCUT2D eigenvalue weighted by atomic mass is 16.6. The lowest BCUT2D eigenvalue weighted by Gasteiger charge is -2.37. The number of alkyl carbamates (subject to hydrolysis) is 1. The molecule has 0 saturated carbocycles. The van der Waals surface area contributed by atoms with Crippen LogP contribution in [0.25, 0.3) is 0 Å². The van der Waals surface area contributed by atoms with Crippen molar-refractivity contribution in [3.05, 3.63) is 71.3 Å². The molecule has 0 aromatic heterocycles. The van der Waals surface area contributed by atoms with Gasteiger partial charge in [0.25, 0.3) is 0 Å². The number of nitrogens with zero attached hydrogens (tertiary/aromatic N) is 1. The van der Waals surface area contributed by atoms with Crippen LogP contribution in [0.1, 0.15) is 37.5 Å². The van der Waals surface area contributed by atoms with E-state index >= 15 is 0 Å². The van der Waals surface area contributed by atoms with E-state index in [1.807, 2.05) is 54.6 Å². The molecule has 2 atom stereocenters. The van der Waals surface area contributed by atoms with Crippen LogP contribution < -0.4 is 5.32 Å². The lowest BCUT2D eigenvalue weighted by molar-refractivity contribution is -0.154. The minimum absolute atomic E-state index is 0.260. The molecule has 1 heterocycles. The molecule has 0 bridgehead atoms. The highest BCUT2D eigenvalue weighted by Crippen LogP contribution is 2.25. The molecule has 2 amide bonds. The summed E-state index contributed by atoms with van der Waals surface area (Å²) in [6, 6.07) is 15.5. The van der Waals surface area contributed by atoms with E-state index in [2.05, 4.69) is 5.32 Å². The Morgan fingerprint density at radius 1 is 1.03 bits per heavy atom. The van der Waals surface area contributed by atoms with Gasteiger partial charge in [0.05, 0.1) is 7.11 Å². The van der Waals surface area contributed by atoms with E-state index in [0.717, 1.165) is 16.7 Å². The van der Waals surface area contributed by atoms with Gasteiger partial charge in [0, 0.05) is 19.4 Å². The third kappa shape index (κ3) is 5.87. The van der Waals surface area contributed by atoms with Crippen LogP contribution in [0.2, 0.25) is 0 Å². The fraction of sp³-hybridized carbons (Fsp3) is 0.400. The van der Waals surface area contributed by atoms with Crippen molar-refractivity contribution in [2.75, 3.05) is 7.11 Å². The van der Waals surface area contributed by atoms with Gasteiger partial charge in [0.1, 0.15) is 17.7 Å². The molecule has 7 heteroatoms. The second kappa shape index (κ2) is 9.85. The molecule has 7 nitrogen and oxygen atoms in total. The van der Waals surface area contributed by atoms with Crippen LogP contribution in [0.5, 0.6) is 0 Å². The number of hydrogen-bond donors (Lipinski definition) is 1. The summed E-state index contributed by atoms with van der Waals surface area (Å²) >= 11 is 0. The normalized spacial score (nSPS) is 16.5. The highest BCUT2D eigenvalue weighted by molar-refractivity contribution is 5.90. The second-order valence-corrected chi connectivity index (χ2v) is 8.87. The maximum absolute atomic E-state index is 13.7. The van der Waals surface area contributed by atoms with Gasteiger partial charge in [-0.2, -0.15) is 0 Å². The van der Waals surface area contributed by atoms with E-state index in [1.54, 1.807) is 20.8 Å². The summed E-state index contributed by atoms with van der Waals surface area (Å²) in [5.74, 6) is -0.840. The zero-order valence-electron chi connectivity index (χ0n) is 19.0. The van der Waals surface area contributed by atoms with Gasteiger partial charge in [0.2, 0.25) is 5.91 Å². The fourth-order valence-electron chi connectivity index (χ4n) is 3.80. The lowest BCUT2D eigenvalue weighted by atomic mass is 9.92. The number of esters is 1. The monoisotopic (exact) mass is 438 g/mol. The Bertz CT molecular complexity index is 968. The van der Waals surface area contributed by atoms with E-state index in [4.69, 9.17) is 9.47 Å². The van der Waals surface area contributed by atoms with Crippen LogP contribution in [0, 0.1) is 0 Å². The first-order valence-electron chi connectivity index (χ1n) is 10.7. The van der Waals surface area contributed by atoms with Crippen molar-refractivity contribution < 1.29 is 23.9 Å². The molecule has 1 aliphatic rings. The number of benzene rings is 2. The van der Waals surface area contributed by atoms with Crippen LogP contribution in [0.3, 0.4) is 0 Å². The second-order valence-electron chi connectivity index (χ2n) is 8.87. The first-order valence-corrected chi connectivity index (χ1v) is 10.7. The van der Waals surface area contributed by atoms with E-state index in [9.17, 15) is 14.4 Å². The van der Waals surface area contributed by atoms with Gasteiger partial charge >= 0.3 is 12.1 Å². The summed E-state index contributed by atoms with van der Waals surface area (Å²) in [7, 11) is 1.31. The summed E-state index contributed by atoms with van der Waals surface area (Å²) in [5, 5.41) is 2.72. The molecule has 0 unspecified atom stereocenters. The maximum Gasteiger partial charge on any atom is 0.408 e. The molecule has 1 aliphatic heterocycles. The quantitative estimate of drug-likeness (QED) is 0.725. The van der Waals surface area contributed by atoms with Crippen molar-refractivity contribution >= 4 is 18.0 Å². The van der Waals surface area contributed by atoms with Crippen molar-refractivity contribution in [3.63, 3.8) is 0 Å². The third-order valence-electron chi connectivity index (χ3n) is 5.28. The van der Waals surface area contributed by atoms with Gasteiger partial charge in [0.15, 0.2) is 0 Å². The number of carbonyl (C=O) groups excluding carboxylic acids is 3. The summed E-state index contributed by atoms with van der Waals surface area (Å²) in [6.07, 6.45) is -0.0527. The Hall–Kier alpha value is -3.35. The van der Waals surface area contributed by atoms with E-state index in [-0.39, 0.29) is 18.9 Å². The Morgan fingerprint density at radius 2 is 1.66 bits per heavy atom. The largest absolute Gasteiger partial charge is 0.467 e. The van der Waals surface area contributed by atoms with Gasteiger partial charge in [-0.15, -0.1) is 0 Å². The SMILES string of the molecule is COC(=O)[C@@H]1Cc2ccccc2CN1C(=O)[C@@H](Cc1ccccc1)NC(=O)OC(C)(C)C. The standard InChI is InChI=1S/C25H30N2O5/c1-25(2,3)32-24(30)26-20(14-17-10-6-5-7-11-17)22(28)27-16-19-13-9-8-12-18(19)15-21(27)23(29)31-4/h5-13,20-21H,14-16H2,1-4H3,(H,26,30)/t20-,21+/m1/s1. The van der Waals surface area contributed by atoms with Crippen LogP contribution in [-0.2, 0) is 38.4 Å². The first-order chi connectivity index (χ1) is 15.2. The zero-order chi connectivity index (χ0) is 23.3. The summed E-state index contributed by atoms with van der Waals surface area (Å²) < 4.78 is 10.4. The molecule has 0 fully saturated rings. The molecular weight excluding hydrogens is 408 g/mol. The van der Waals surface area contributed by atoms with Gasteiger partial charge in [-0.1, -0.05) is 54.6 Å². The number of methoxy groups -OCH3 is 1. The van der Waals surface area contributed by atoms with Gasteiger partial charge in [-0.3, -0.25) is 4.79 Å². The van der Waals surface area contributed by atoms with Crippen molar-refractivity contribution in [1.82, 2.24) is 10.2 Å². The smallest absolute Gasteiger partial charge is 0.408 e. The Labute approximate surface area is 188 Å². The van der Waals surface area contributed by atoms with Crippen molar-refractivity contribution in [2.24, 2.45) is 0 Å². The Morgan fingerprint density at radius 3 is 2.28 bits per heavy atom. The fourth-order valence-corrected chi connectivity index (χ4v) is 3.80. The summed E-state index contributed by atoms with van der Waals surface area (Å²) in [5.41, 5.74) is 2.15. The average molecular weight is 439 g/mol. The number of hydrogen-bond acceptors (Lipinski definition) is 5. The van der Waals surface area contributed by atoms with E-state index in [1.165, 1.54) is 12.0 Å². The summed E-state index contributed by atoms with van der Waals surface area (Å²) in [4.78, 5) is 40.3. The third-order valence-corrected chi connectivity index (χ3v) is 5.28. The van der Waals surface area contributed by atoms with Gasteiger partial charge in [-0.25, -0.2) is 9.59 Å². The van der Waals surface area contributed by atoms with Crippen LogP contribution in [0.4, 0.5) is 4.79 Å². The molecular formula is C25H30N2O5. The average Bonchev–Trinajstić information content (AvgIpc) is 2.76. The molecule has 2 aromatic carbocycles. The predicted octanol–water partition coefficient (Wildman–Crippen LogP) is 3.25. The molecule has 0 radical (unpaired) electrons. The molecule has 0 aliphatic carbocycles. The van der Waals surface area contributed by atoms with Crippen LogP contribution >= 0.6 is 0 Å². The number of carbonyl (C=O) groups is 3. The molecule has 170 valence electrons. The minimum Gasteiger partial charge on any atom is -0.467 e. The Kier molecular flexibility index (Phi) is 7.18. The Balaban J connectivity index is 1.90. The van der Waals surface area contributed by atoms with E-state index in [0.29, 0.717) is 6.42 Å². The number of ether oxygens (including phenoxy) is 2. The molecule has 2 aromatic rings. The molecule has 0 spiro atoms. The number of fused-ring (bicyclic) bond motifs is 1. The molecule has 1 N–H and O–H groups in total. The van der Waals surface area contributed by atoms with Crippen molar-refractivity contribution in [2.45, 2.75) is 57.8 Å². The zero-order valence-corrected chi connectivity index (χ0v) is 19.0. The maximum atomic E-state index is 13.7. The van der Waals surface area contributed by atoms with Crippen LogP contribution in [0.15, 0.2) is 54.6 Å². The lowest BCUT2D eigenvalue weighted by Crippen LogP contribution is -2.56. The minimum atomic E-state index is -0.898. The van der Waals surface area contributed by atoms with Gasteiger partial charge in [-0.05, 0) is 37.5 Å². The topological polar surface area (TPSA) is 84.9 Å². The first kappa shape index (κ1) is 23.3. The van der Waals surface area contributed by atoms with E-state index < -0.39 is 29.7 Å². The molecule has 3 rings (SSSR count). The summed E-state index contributed by atoms with van der Waals surface area (Å²) in [6.45, 7) is 5.54. The molecule has 0 saturated heterocycles. The molecule has 32 heavy (non-hydrogen) atoms. The number of amides is 2.